The number of aryl methyl sites for hydroxylation is 1. The molecular formula is C21H27N5O2. The van der Waals surface area contributed by atoms with Crippen LogP contribution in [0.5, 0.6) is 0 Å². The van der Waals surface area contributed by atoms with Crippen LogP contribution in [0.1, 0.15) is 54.5 Å². The van der Waals surface area contributed by atoms with Gasteiger partial charge in [-0.05, 0) is 26.0 Å². The summed E-state index contributed by atoms with van der Waals surface area (Å²) in [4.78, 5) is 2.35. The van der Waals surface area contributed by atoms with Crippen molar-refractivity contribution < 1.29 is 9.15 Å². The second kappa shape index (κ2) is 7.85. The summed E-state index contributed by atoms with van der Waals surface area (Å²) in [6, 6.07) is 10.3. The van der Waals surface area contributed by atoms with Gasteiger partial charge >= 0.3 is 0 Å². The van der Waals surface area contributed by atoms with Gasteiger partial charge in [0.05, 0.1) is 37.2 Å². The average molecular weight is 381 g/mol. The molecule has 0 bridgehead atoms. The Hall–Kier alpha value is -2.51. The zero-order valence-corrected chi connectivity index (χ0v) is 16.9. The number of nitrogens with zero attached hydrogens (tertiary/aromatic N) is 5. The smallest absolute Gasteiger partial charge is 0.230 e. The van der Waals surface area contributed by atoms with Gasteiger partial charge in [0, 0.05) is 23.7 Å². The largest absolute Gasteiger partial charge is 0.424 e. The number of benzene rings is 1. The van der Waals surface area contributed by atoms with Gasteiger partial charge in [-0.3, -0.25) is 4.90 Å². The maximum Gasteiger partial charge on any atom is 0.230 e. The molecular weight excluding hydrogens is 354 g/mol. The Bertz CT molecular complexity index is 932. The first kappa shape index (κ1) is 18.8. The van der Waals surface area contributed by atoms with Crippen molar-refractivity contribution in [2.24, 2.45) is 0 Å². The van der Waals surface area contributed by atoms with Crippen molar-refractivity contribution in [3.63, 3.8) is 0 Å². The van der Waals surface area contributed by atoms with Crippen molar-refractivity contribution >= 4 is 0 Å². The number of hydrogen-bond donors (Lipinski definition) is 0. The van der Waals surface area contributed by atoms with Crippen LogP contribution in [0.3, 0.4) is 0 Å². The maximum atomic E-state index is 5.84. The van der Waals surface area contributed by atoms with E-state index in [1.807, 2.05) is 22.9 Å². The highest BCUT2D eigenvalue weighted by Gasteiger charge is 2.31. The van der Waals surface area contributed by atoms with Crippen LogP contribution in [-0.2, 0) is 11.3 Å². The van der Waals surface area contributed by atoms with Gasteiger partial charge < -0.3 is 9.15 Å². The molecule has 0 saturated carbocycles. The van der Waals surface area contributed by atoms with Crippen LogP contribution >= 0.6 is 0 Å². The van der Waals surface area contributed by atoms with Crippen LogP contribution in [0.25, 0.3) is 5.69 Å². The molecule has 0 aliphatic carbocycles. The van der Waals surface area contributed by atoms with Crippen LogP contribution in [0.4, 0.5) is 0 Å². The van der Waals surface area contributed by atoms with E-state index < -0.39 is 0 Å². The lowest BCUT2D eigenvalue weighted by Gasteiger charge is -2.35. The van der Waals surface area contributed by atoms with Crippen LogP contribution in [0, 0.1) is 13.8 Å². The minimum Gasteiger partial charge on any atom is -0.424 e. The Kier molecular flexibility index (Phi) is 5.28. The first-order chi connectivity index (χ1) is 13.5. The number of morpholine rings is 1. The molecule has 0 amide bonds. The molecule has 3 heterocycles. The van der Waals surface area contributed by atoms with Crippen molar-refractivity contribution in [2.75, 3.05) is 19.8 Å². The summed E-state index contributed by atoms with van der Waals surface area (Å²) in [5.74, 6) is 1.57. The molecule has 2 aromatic heterocycles. The number of rotatable bonds is 5. The van der Waals surface area contributed by atoms with E-state index in [9.17, 15) is 0 Å². The summed E-state index contributed by atoms with van der Waals surface area (Å²) in [6.45, 7) is 11.1. The van der Waals surface area contributed by atoms with Gasteiger partial charge in [0.2, 0.25) is 11.8 Å². The van der Waals surface area contributed by atoms with Crippen molar-refractivity contribution in [3.05, 3.63) is 59.1 Å². The van der Waals surface area contributed by atoms with E-state index in [1.54, 1.807) is 0 Å². The van der Waals surface area contributed by atoms with Gasteiger partial charge in [-0.1, -0.05) is 32.0 Å². The predicted octanol–water partition coefficient (Wildman–Crippen LogP) is 3.57. The number of para-hydroxylation sites is 1. The first-order valence-corrected chi connectivity index (χ1v) is 9.80. The van der Waals surface area contributed by atoms with Crippen LogP contribution in [0.15, 0.2) is 34.7 Å². The topological polar surface area (TPSA) is 69.2 Å². The summed E-state index contributed by atoms with van der Waals surface area (Å²) < 4.78 is 13.7. The van der Waals surface area contributed by atoms with Crippen LogP contribution in [-0.4, -0.2) is 44.6 Å². The van der Waals surface area contributed by atoms with Gasteiger partial charge in [0.25, 0.3) is 0 Å². The van der Waals surface area contributed by atoms with E-state index in [0.717, 1.165) is 23.6 Å². The highest BCUT2D eigenvalue weighted by Crippen LogP contribution is 2.31. The molecule has 3 aromatic rings. The van der Waals surface area contributed by atoms with E-state index in [0.29, 0.717) is 31.5 Å². The fourth-order valence-electron chi connectivity index (χ4n) is 3.79. The van der Waals surface area contributed by atoms with Gasteiger partial charge in [-0.2, -0.15) is 5.10 Å². The number of ether oxygens (including phenoxy) is 1. The number of hydrogen-bond acceptors (Lipinski definition) is 6. The second-order valence-electron chi connectivity index (χ2n) is 7.58. The Morgan fingerprint density at radius 1 is 1.14 bits per heavy atom. The van der Waals surface area contributed by atoms with Crippen LogP contribution < -0.4 is 0 Å². The zero-order chi connectivity index (χ0) is 19.7. The minimum atomic E-state index is 0.112. The Morgan fingerprint density at radius 3 is 2.64 bits per heavy atom. The third-order valence-electron chi connectivity index (χ3n) is 5.24. The SMILES string of the molecule is Cc1nn(-c2ccccc2)c(C)c1C1COCCN1Cc1nnc(C(C)C)o1. The maximum absolute atomic E-state index is 5.84. The average Bonchev–Trinajstić information content (AvgIpc) is 3.28. The van der Waals surface area contributed by atoms with Crippen molar-refractivity contribution in [1.29, 1.82) is 0 Å². The molecule has 7 nitrogen and oxygen atoms in total. The Labute approximate surface area is 165 Å². The predicted molar refractivity (Wildman–Crippen MR) is 105 cm³/mol. The van der Waals surface area contributed by atoms with Gasteiger partial charge in [-0.25, -0.2) is 4.68 Å². The summed E-state index contributed by atoms with van der Waals surface area (Å²) in [5.41, 5.74) is 4.44. The monoisotopic (exact) mass is 381 g/mol. The Morgan fingerprint density at radius 2 is 1.93 bits per heavy atom. The fourth-order valence-corrected chi connectivity index (χ4v) is 3.79. The quantitative estimate of drug-likeness (QED) is 0.673. The molecule has 1 fully saturated rings. The molecule has 0 spiro atoms. The lowest BCUT2D eigenvalue weighted by atomic mass is 10.0. The molecule has 1 aliphatic rings. The standard InChI is InChI=1S/C21H27N5O2/c1-14(2)21-23-22-19(28-21)12-25-10-11-27-13-18(25)20-15(3)24-26(16(20)4)17-8-6-5-7-9-17/h5-9,14,18H,10-13H2,1-4H3. The van der Waals surface area contributed by atoms with E-state index in [1.165, 1.54) is 5.56 Å². The molecule has 1 unspecified atom stereocenters. The van der Waals surface area contributed by atoms with Crippen molar-refractivity contribution in [2.45, 2.75) is 46.2 Å². The molecule has 28 heavy (non-hydrogen) atoms. The molecule has 1 aromatic carbocycles. The normalized spacial score (nSPS) is 18.1. The van der Waals surface area contributed by atoms with Crippen molar-refractivity contribution in [1.82, 2.24) is 24.9 Å². The second-order valence-corrected chi connectivity index (χ2v) is 7.58. The zero-order valence-electron chi connectivity index (χ0n) is 16.9. The molecule has 7 heteroatoms. The third-order valence-corrected chi connectivity index (χ3v) is 5.24. The lowest BCUT2D eigenvalue weighted by Crippen LogP contribution is -2.39. The highest BCUT2D eigenvalue weighted by molar-refractivity contribution is 5.38. The minimum absolute atomic E-state index is 0.112. The van der Waals surface area contributed by atoms with E-state index >= 15 is 0 Å². The number of aromatic nitrogens is 4. The van der Waals surface area contributed by atoms with E-state index in [2.05, 4.69) is 54.9 Å². The molecule has 0 radical (unpaired) electrons. The summed E-state index contributed by atoms with van der Waals surface area (Å²) >= 11 is 0. The molecule has 1 aliphatic heterocycles. The van der Waals surface area contributed by atoms with Gasteiger partial charge in [0.15, 0.2) is 0 Å². The fraction of sp³-hybridized carbons (Fsp3) is 0.476. The summed E-state index contributed by atoms with van der Waals surface area (Å²) in [7, 11) is 0. The van der Waals surface area contributed by atoms with Gasteiger partial charge in [0.1, 0.15) is 0 Å². The van der Waals surface area contributed by atoms with E-state index in [-0.39, 0.29) is 12.0 Å². The first-order valence-electron chi connectivity index (χ1n) is 9.80. The van der Waals surface area contributed by atoms with Crippen molar-refractivity contribution in [3.8, 4) is 5.69 Å². The third kappa shape index (κ3) is 3.59. The molecule has 0 N–H and O–H groups in total. The van der Waals surface area contributed by atoms with Crippen LogP contribution in [0.2, 0.25) is 0 Å². The molecule has 1 atom stereocenters. The van der Waals surface area contributed by atoms with E-state index in [4.69, 9.17) is 14.3 Å². The summed E-state index contributed by atoms with van der Waals surface area (Å²) in [5, 5.41) is 13.2. The molecule has 148 valence electrons. The summed E-state index contributed by atoms with van der Waals surface area (Å²) in [6.07, 6.45) is 0. The molecule has 4 rings (SSSR count). The van der Waals surface area contributed by atoms with Gasteiger partial charge in [-0.15, -0.1) is 10.2 Å². The molecule has 1 saturated heterocycles. The lowest BCUT2D eigenvalue weighted by molar-refractivity contribution is -0.0167. The highest BCUT2D eigenvalue weighted by atomic mass is 16.5. The Balaban J connectivity index is 1.63.